The van der Waals surface area contributed by atoms with Crippen molar-refractivity contribution in [2.24, 2.45) is 5.41 Å². The Kier molecular flexibility index (Phi) is 3.08. The summed E-state index contributed by atoms with van der Waals surface area (Å²) in [6.45, 7) is 9.91. The molecule has 1 aliphatic heterocycles. The molecule has 4 nitrogen and oxygen atoms in total. The molecule has 88 valence electrons. The highest BCUT2D eigenvalue weighted by atomic mass is 16.6. The molecule has 0 atom stereocenters. The van der Waals surface area contributed by atoms with E-state index in [1.165, 1.54) is 0 Å². The van der Waals surface area contributed by atoms with Gasteiger partial charge in [0.2, 0.25) is 0 Å². The third-order valence-electron chi connectivity index (χ3n) is 2.67. The molecular formula is C11H19BN2O2. The molecule has 0 aromatic carbocycles. The Morgan fingerprint density at radius 2 is 2.00 bits per heavy atom. The van der Waals surface area contributed by atoms with Gasteiger partial charge in [-0.15, -0.1) is 0 Å². The maximum Gasteiger partial charge on any atom is 0.512 e. The van der Waals surface area contributed by atoms with Crippen molar-refractivity contribution in [2.45, 2.75) is 33.6 Å². The van der Waals surface area contributed by atoms with Gasteiger partial charge in [0.05, 0.1) is 5.59 Å². The molecule has 0 radical (unpaired) electrons. The van der Waals surface area contributed by atoms with Crippen molar-refractivity contribution in [3.05, 3.63) is 12.0 Å². The average Bonchev–Trinajstić information content (AvgIpc) is 2.66. The fourth-order valence-electron chi connectivity index (χ4n) is 1.64. The lowest BCUT2D eigenvalue weighted by atomic mass is 9.80. The highest BCUT2D eigenvalue weighted by molar-refractivity contribution is 6.60. The lowest BCUT2D eigenvalue weighted by Crippen LogP contribution is -2.48. The first kappa shape index (κ1) is 11.7. The number of nitrogens with one attached hydrogen (secondary N) is 1. The van der Waals surface area contributed by atoms with E-state index in [0.717, 1.165) is 11.4 Å². The zero-order valence-electron chi connectivity index (χ0n) is 10.4. The normalized spacial score (nSPS) is 20.4. The first-order valence-electron chi connectivity index (χ1n) is 5.76. The van der Waals surface area contributed by atoms with Crippen LogP contribution < -0.4 is 5.59 Å². The van der Waals surface area contributed by atoms with Crippen LogP contribution in [-0.2, 0) is 9.31 Å². The van der Waals surface area contributed by atoms with Gasteiger partial charge in [-0.3, -0.25) is 0 Å². The Balaban J connectivity index is 2.03. The van der Waals surface area contributed by atoms with Crippen molar-refractivity contribution in [2.75, 3.05) is 13.2 Å². The van der Waals surface area contributed by atoms with Crippen LogP contribution in [0.25, 0.3) is 0 Å². The van der Waals surface area contributed by atoms with Crippen molar-refractivity contribution in [3.63, 3.8) is 0 Å². The van der Waals surface area contributed by atoms with Crippen LogP contribution in [0, 0.1) is 5.41 Å². The molecule has 1 aromatic rings. The van der Waals surface area contributed by atoms with Crippen LogP contribution in [0.5, 0.6) is 0 Å². The van der Waals surface area contributed by atoms with Gasteiger partial charge in [0, 0.05) is 30.7 Å². The van der Waals surface area contributed by atoms with E-state index < -0.39 is 0 Å². The van der Waals surface area contributed by atoms with Gasteiger partial charge in [-0.25, -0.2) is 4.98 Å². The van der Waals surface area contributed by atoms with E-state index in [0.29, 0.717) is 19.1 Å². The number of aromatic nitrogens is 2. The summed E-state index contributed by atoms with van der Waals surface area (Å²) in [7, 11) is -0.284. The average molecular weight is 222 g/mol. The lowest BCUT2D eigenvalue weighted by Gasteiger charge is -2.32. The molecule has 1 N–H and O–H groups in total. The number of imidazole rings is 1. The van der Waals surface area contributed by atoms with E-state index in [4.69, 9.17) is 9.31 Å². The van der Waals surface area contributed by atoms with E-state index in [9.17, 15) is 0 Å². The minimum Gasteiger partial charge on any atom is -0.406 e. The van der Waals surface area contributed by atoms with Crippen LogP contribution in [0.1, 0.15) is 39.4 Å². The molecule has 0 bridgehead atoms. The van der Waals surface area contributed by atoms with Crippen LogP contribution in [0.15, 0.2) is 6.20 Å². The van der Waals surface area contributed by atoms with E-state index in [1.807, 2.05) is 0 Å². The molecular weight excluding hydrogens is 203 g/mol. The van der Waals surface area contributed by atoms with Crippen LogP contribution in [0.4, 0.5) is 0 Å². The molecule has 2 rings (SSSR count). The summed E-state index contributed by atoms with van der Waals surface area (Å²) < 4.78 is 11.4. The Morgan fingerprint density at radius 1 is 1.38 bits per heavy atom. The van der Waals surface area contributed by atoms with Crippen LogP contribution in [0.2, 0.25) is 0 Å². The molecule has 0 unspecified atom stereocenters. The Labute approximate surface area is 96.9 Å². The molecule has 0 aliphatic carbocycles. The van der Waals surface area contributed by atoms with Gasteiger partial charge in [0.15, 0.2) is 0 Å². The van der Waals surface area contributed by atoms with Gasteiger partial charge in [-0.05, 0) is 0 Å². The van der Waals surface area contributed by atoms with Gasteiger partial charge in [0.25, 0.3) is 0 Å². The molecule has 1 aromatic heterocycles. The molecule has 16 heavy (non-hydrogen) atoms. The molecule has 0 spiro atoms. The van der Waals surface area contributed by atoms with Crippen molar-refractivity contribution >= 4 is 12.7 Å². The first-order chi connectivity index (χ1) is 7.48. The predicted octanol–water partition coefficient (Wildman–Crippen LogP) is 1.30. The fourth-order valence-corrected chi connectivity index (χ4v) is 1.64. The molecule has 0 amide bonds. The van der Waals surface area contributed by atoms with Gasteiger partial charge >= 0.3 is 7.12 Å². The second-order valence-corrected chi connectivity index (χ2v) is 5.50. The fraction of sp³-hybridized carbons (Fsp3) is 0.727. The summed E-state index contributed by atoms with van der Waals surface area (Å²) in [5, 5.41) is 0. The maximum absolute atomic E-state index is 5.68. The number of nitrogens with zero attached hydrogens (tertiary/aromatic N) is 1. The van der Waals surface area contributed by atoms with Crippen LogP contribution >= 0.6 is 0 Å². The highest BCUT2D eigenvalue weighted by Crippen LogP contribution is 2.21. The lowest BCUT2D eigenvalue weighted by molar-refractivity contribution is 0.0340. The number of rotatable bonds is 2. The minimum absolute atomic E-state index is 0.109. The molecule has 1 saturated heterocycles. The SMILES string of the molecule is CC(C)c1ncc(B2OCC(C)(C)CO2)[nH]1. The predicted molar refractivity (Wildman–Crippen MR) is 63.7 cm³/mol. The molecule has 2 heterocycles. The standard InChI is InChI=1S/C11H19BN2O2/c1-8(2)10-13-5-9(14-10)12-15-6-11(3,4)7-16-12/h5,8H,6-7H2,1-4H3,(H,13,14). The number of hydrogen-bond acceptors (Lipinski definition) is 3. The van der Waals surface area contributed by atoms with Crippen molar-refractivity contribution in [1.29, 1.82) is 0 Å². The number of hydrogen-bond donors (Lipinski definition) is 1. The summed E-state index contributed by atoms with van der Waals surface area (Å²) in [4.78, 5) is 7.56. The summed E-state index contributed by atoms with van der Waals surface area (Å²) in [6.07, 6.45) is 1.80. The second-order valence-electron chi connectivity index (χ2n) is 5.50. The van der Waals surface area contributed by atoms with Gasteiger partial charge < -0.3 is 14.3 Å². The van der Waals surface area contributed by atoms with Crippen molar-refractivity contribution in [1.82, 2.24) is 9.97 Å². The summed E-state index contributed by atoms with van der Waals surface area (Å²) in [6, 6.07) is 0. The first-order valence-corrected chi connectivity index (χ1v) is 5.76. The zero-order valence-corrected chi connectivity index (χ0v) is 10.4. The quantitative estimate of drug-likeness (QED) is 0.767. The monoisotopic (exact) mass is 222 g/mol. The smallest absolute Gasteiger partial charge is 0.406 e. The zero-order chi connectivity index (χ0) is 11.8. The second kappa shape index (κ2) is 4.22. The van der Waals surface area contributed by atoms with E-state index in [1.54, 1.807) is 6.20 Å². The van der Waals surface area contributed by atoms with Gasteiger partial charge in [-0.2, -0.15) is 0 Å². The largest absolute Gasteiger partial charge is 0.512 e. The molecule has 0 saturated carbocycles. The topological polar surface area (TPSA) is 47.1 Å². The van der Waals surface area contributed by atoms with Gasteiger partial charge in [0.1, 0.15) is 5.82 Å². The molecule has 1 fully saturated rings. The maximum atomic E-state index is 5.68. The number of H-pyrrole nitrogens is 1. The minimum atomic E-state index is -0.284. The van der Waals surface area contributed by atoms with Gasteiger partial charge in [-0.1, -0.05) is 27.7 Å². The van der Waals surface area contributed by atoms with Crippen molar-refractivity contribution < 1.29 is 9.31 Å². The highest BCUT2D eigenvalue weighted by Gasteiger charge is 2.34. The Hall–Kier alpha value is -0.805. The van der Waals surface area contributed by atoms with Crippen LogP contribution in [-0.4, -0.2) is 30.3 Å². The Morgan fingerprint density at radius 3 is 2.50 bits per heavy atom. The summed E-state index contributed by atoms with van der Waals surface area (Å²) in [5.41, 5.74) is 1.02. The number of aromatic amines is 1. The van der Waals surface area contributed by atoms with E-state index in [2.05, 4.69) is 37.7 Å². The van der Waals surface area contributed by atoms with Crippen molar-refractivity contribution in [3.8, 4) is 0 Å². The summed E-state index contributed by atoms with van der Waals surface area (Å²) >= 11 is 0. The van der Waals surface area contributed by atoms with E-state index in [-0.39, 0.29) is 12.5 Å². The Bertz CT molecular complexity index is 353. The molecule has 1 aliphatic rings. The third kappa shape index (κ3) is 2.47. The summed E-state index contributed by atoms with van der Waals surface area (Å²) in [5.74, 6) is 1.38. The van der Waals surface area contributed by atoms with Crippen LogP contribution in [0.3, 0.4) is 0 Å². The molecule has 5 heteroatoms. The third-order valence-corrected chi connectivity index (χ3v) is 2.67. The van der Waals surface area contributed by atoms with E-state index >= 15 is 0 Å².